The number of hydrogen-bond donors (Lipinski definition) is 1. The minimum atomic E-state index is -0.624. The predicted octanol–water partition coefficient (Wildman–Crippen LogP) is 1.88. The zero-order chi connectivity index (χ0) is 20.9. The van der Waals surface area contributed by atoms with Crippen molar-refractivity contribution < 1.29 is 24.2 Å². The SMILES string of the molecule is O=[N+]([O-])c1ccc(OC[C@H](O)CN2CCN(Cc3ccc4c(c3)OCO4)CC2)cc1. The van der Waals surface area contributed by atoms with Crippen molar-refractivity contribution in [2.24, 2.45) is 0 Å². The number of benzene rings is 2. The second-order valence-corrected chi connectivity index (χ2v) is 7.48. The van der Waals surface area contributed by atoms with Crippen LogP contribution in [0.25, 0.3) is 0 Å². The van der Waals surface area contributed by atoms with Crippen LogP contribution in [-0.4, -0.2) is 72.1 Å². The number of aliphatic hydroxyl groups excluding tert-OH is 1. The van der Waals surface area contributed by atoms with Crippen LogP contribution in [0.5, 0.6) is 17.2 Å². The van der Waals surface area contributed by atoms with Crippen LogP contribution in [0.15, 0.2) is 42.5 Å². The van der Waals surface area contributed by atoms with Gasteiger partial charge in [0.1, 0.15) is 18.5 Å². The first-order valence-electron chi connectivity index (χ1n) is 9.95. The van der Waals surface area contributed by atoms with Crippen LogP contribution in [0.1, 0.15) is 5.56 Å². The van der Waals surface area contributed by atoms with E-state index in [1.165, 1.54) is 17.7 Å². The number of nitrogens with zero attached hydrogens (tertiary/aromatic N) is 3. The lowest BCUT2D eigenvalue weighted by atomic mass is 10.1. The molecule has 0 aromatic heterocycles. The zero-order valence-corrected chi connectivity index (χ0v) is 16.6. The van der Waals surface area contributed by atoms with E-state index in [1.54, 1.807) is 12.1 Å². The Morgan fingerprint density at radius 3 is 2.47 bits per heavy atom. The molecule has 1 fully saturated rings. The summed E-state index contributed by atoms with van der Waals surface area (Å²) in [5, 5.41) is 21.0. The van der Waals surface area contributed by atoms with Crippen molar-refractivity contribution in [2.45, 2.75) is 12.6 Å². The maximum absolute atomic E-state index is 10.7. The molecule has 2 aromatic rings. The molecule has 0 amide bonds. The van der Waals surface area contributed by atoms with Gasteiger partial charge in [-0.05, 0) is 29.8 Å². The maximum Gasteiger partial charge on any atom is 0.269 e. The molecule has 1 saturated heterocycles. The number of aliphatic hydroxyl groups is 1. The van der Waals surface area contributed by atoms with E-state index in [2.05, 4.69) is 15.9 Å². The van der Waals surface area contributed by atoms with E-state index in [9.17, 15) is 15.2 Å². The van der Waals surface area contributed by atoms with Gasteiger partial charge in [0, 0.05) is 51.4 Å². The highest BCUT2D eigenvalue weighted by Gasteiger charge is 2.21. The lowest BCUT2D eigenvalue weighted by molar-refractivity contribution is -0.384. The largest absolute Gasteiger partial charge is 0.491 e. The number of nitro benzene ring substituents is 1. The molecule has 9 heteroatoms. The first kappa shape index (κ1) is 20.4. The summed E-state index contributed by atoms with van der Waals surface area (Å²) in [4.78, 5) is 14.8. The molecule has 0 spiro atoms. The summed E-state index contributed by atoms with van der Waals surface area (Å²) in [6.07, 6.45) is -0.624. The Morgan fingerprint density at radius 1 is 1.03 bits per heavy atom. The van der Waals surface area contributed by atoms with E-state index < -0.39 is 11.0 Å². The molecular formula is C21H25N3O6. The van der Waals surface area contributed by atoms with Gasteiger partial charge in [0.25, 0.3) is 5.69 Å². The van der Waals surface area contributed by atoms with Crippen molar-refractivity contribution in [1.29, 1.82) is 0 Å². The Bertz CT molecular complexity index is 868. The van der Waals surface area contributed by atoms with Crippen LogP contribution in [-0.2, 0) is 6.54 Å². The summed E-state index contributed by atoms with van der Waals surface area (Å²) in [7, 11) is 0. The van der Waals surface area contributed by atoms with E-state index in [0.717, 1.165) is 44.2 Å². The average molecular weight is 415 g/mol. The van der Waals surface area contributed by atoms with Crippen molar-refractivity contribution >= 4 is 5.69 Å². The third kappa shape index (κ3) is 5.18. The molecule has 2 heterocycles. The van der Waals surface area contributed by atoms with E-state index >= 15 is 0 Å². The van der Waals surface area contributed by atoms with Crippen molar-refractivity contribution in [2.75, 3.05) is 46.1 Å². The average Bonchev–Trinajstić information content (AvgIpc) is 3.22. The highest BCUT2D eigenvalue weighted by atomic mass is 16.7. The molecule has 0 aliphatic carbocycles. The molecule has 1 atom stereocenters. The van der Waals surface area contributed by atoms with E-state index in [1.807, 2.05) is 12.1 Å². The van der Waals surface area contributed by atoms with Crippen LogP contribution in [0.4, 0.5) is 5.69 Å². The van der Waals surface area contributed by atoms with Gasteiger partial charge in [-0.1, -0.05) is 6.07 Å². The number of rotatable bonds is 8. The van der Waals surface area contributed by atoms with Crippen LogP contribution >= 0.6 is 0 Å². The fraction of sp³-hybridized carbons (Fsp3) is 0.429. The molecule has 0 radical (unpaired) electrons. The minimum absolute atomic E-state index is 0.0153. The number of β-amino-alcohol motifs (C(OH)–C–C–N with tert-alkyl or cyclic N) is 1. The fourth-order valence-electron chi connectivity index (χ4n) is 3.63. The van der Waals surface area contributed by atoms with Crippen LogP contribution < -0.4 is 14.2 Å². The number of piperazine rings is 1. The number of nitro groups is 1. The molecule has 0 bridgehead atoms. The Balaban J connectivity index is 1.17. The summed E-state index contributed by atoms with van der Waals surface area (Å²) in [6.45, 7) is 5.41. The molecule has 0 saturated carbocycles. The molecule has 9 nitrogen and oxygen atoms in total. The second kappa shape index (κ2) is 9.29. The predicted molar refractivity (Wildman–Crippen MR) is 109 cm³/mol. The molecule has 2 aliphatic heterocycles. The molecule has 2 aromatic carbocycles. The number of hydrogen-bond acceptors (Lipinski definition) is 8. The van der Waals surface area contributed by atoms with Crippen molar-refractivity contribution in [3.05, 3.63) is 58.1 Å². The maximum atomic E-state index is 10.7. The second-order valence-electron chi connectivity index (χ2n) is 7.48. The summed E-state index contributed by atoms with van der Waals surface area (Å²) in [5.41, 5.74) is 1.21. The number of non-ortho nitro benzene ring substituents is 1. The van der Waals surface area contributed by atoms with Crippen molar-refractivity contribution in [3.63, 3.8) is 0 Å². The van der Waals surface area contributed by atoms with Crippen molar-refractivity contribution in [1.82, 2.24) is 9.80 Å². The molecular weight excluding hydrogens is 390 g/mol. The summed E-state index contributed by atoms with van der Waals surface area (Å²) < 4.78 is 16.3. The zero-order valence-electron chi connectivity index (χ0n) is 16.6. The molecule has 4 rings (SSSR count). The summed E-state index contributed by atoms with van der Waals surface area (Å²) in [6, 6.07) is 11.9. The van der Waals surface area contributed by atoms with Crippen LogP contribution in [0.2, 0.25) is 0 Å². The Labute approximate surface area is 174 Å². The molecule has 160 valence electrons. The van der Waals surface area contributed by atoms with Gasteiger partial charge >= 0.3 is 0 Å². The van der Waals surface area contributed by atoms with E-state index in [-0.39, 0.29) is 19.1 Å². The minimum Gasteiger partial charge on any atom is -0.491 e. The van der Waals surface area contributed by atoms with Crippen LogP contribution in [0.3, 0.4) is 0 Å². The van der Waals surface area contributed by atoms with Gasteiger partial charge in [-0.25, -0.2) is 0 Å². The third-order valence-corrected chi connectivity index (χ3v) is 5.27. The fourth-order valence-corrected chi connectivity index (χ4v) is 3.63. The van der Waals surface area contributed by atoms with Crippen molar-refractivity contribution in [3.8, 4) is 17.2 Å². The monoisotopic (exact) mass is 415 g/mol. The summed E-state index contributed by atoms with van der Waals surface area (Å²) in [5.74, 6) is 2.11. The van der Waals surface area contributed by atoms with Crippen LogP contribution in [0, 0.1) is 10.1 Å². The van der Waals surface area contributed by atoms with Gasteiger partial charge < -0.3 is 19.3 Å². The third-order valence-electron chi connectivity index (χ3n) is 5.27. The van der Waals surface area contributed by atoms with E-state index in [4.69, 9.17) is 14.2 Å². The Morgan fingerprint density at radius 2 is 1.73 bits per heavy atom. The van der Waals surface area contributed by atoms with E-state index in [0.29, 0.717) is 12.3 Å². The van der Waals surface area contributed by atoms with Gasteiger partial charge in [0.2, 0.25) is 6.79 Å². The topological polar surface area (TPSA) is 97.5 Å². The smallest absolute Gasteiger partial charge is 0.269 e. The van der Waals surface area contributed by atoms with Gasteiger partial charge in [-0.3, -0.25) is 19.9 Å². The lowest BCUT2D eigenvalue weighted by Crippen LogP contribution is -2.48. The first-order valence-corrected chi connectivity index (χ1v) is 9.95. The highest BCUT2D eigenvalue weighted by molar-refractivity contribution is 5.44. The Hall–Kier alpha value is -2.88. The summed E-state index contributed by atoms with van der Waals surface area (Å²) >= 11 is 0. The van der Waals surface area contributed by atoms with Gasteiger partial charge in [0.15, 0.2) is 11.5 Å². The molecule has 30 heavy (non-hydrogen) atoms. The van der Waals surface area contributed by atoms with Gasteiger partial charge in [-0.2, -0.15) is 0 Å². The number of fused-ring (bicyclic) bond motifs is 1. The normalized spacial score (nSPS) is 17.6. The molecule has 0 unspecified atom stereocenters. The Kier molecular flexibility index (Phi) is 6.32. The number of ether oxygens (including phenoxy) is 3. The molecule has 2 aliphatic rings. The standard InChI is InChI=1S/C21H25N3O6/c25-18(14-28-19-4-2-17(3-5-19)24(26)27)13-23-9-7-22(8-10-23)12-16-1-6-20-21(11-16)30-15-29-20/h1-6,11,18,25H,7-10,12-15H2/t18-/m1/s1. The quantitative estimate of drug-likeness (QED) is 0.516. The van der Waals surface area contributed by atoms with Gasteiger partial charge in [0.05, 0.1) is 4.92 Å². The van der Waals surface area contributed by atoms with Gasteiger partial charge in [-0.15, -0.1) is 0 Å². The highest BCUT2D eigenvalue weighted by Crippen LogP contribution is 2.32. The molecule has 1 N–H and O–H groups in total. The lowest BCUT2D eigenvalue weighted by Gasteiger charge is -2.35. The first-order chi connectivity index (χ1) is 14.6.